The molecule has 2 aliphatic heterocycles. The maximum atomic E-state index is 12.9. The molecule has 1 saturated heterocycles. The van der Waals surface area contributed by atoms with Crippen molar-refractivity contribution in [3.8, 4) is 11.5 Å². The Morgan fingerprint density at radius 3 is 2.91 bits per heavy atom. The van der Waals surface area contributed by atoms with Crippen molar-refractivity contribution in [1.82, 2.24) is 4.90 Å². The standard InChI is InChI=1S/C27H29NO5S/c29-19-5-4-18-13-21-27(31)9-7-20(34-22(30)6-3-17-8-12-32-15-17)25-26(27,23(18)24(19)33-25)10-11-28(21)14-16-1-2-16/h3-6,8,12,15-16,20-21,25,29,31H,1-2,7,9-11,13-14H2/b6-3+/t20-,21+,25-,26-,27+/m0/s1. The van der Waals surface area contributed by atoms with E-state index in [0.29, 0.717) is 18.6 Å². The Morgan fingerprint density at radius 1 is 1.24 bits per heavy atom. The fraction of sp³-hybridized carbons (Fsp3) is 0.519. The van der Waals surface area contributed by atoms with Gasteiger partial charge in [0.2, 0.25) is 5.12 Å². The summed E-state index contributed by atoms with van der Waals surface area (Å²) in [6, 6.07) is 5.62. The van der Waals surface area contributed by atoms with Crippen LogP contribution in [0, 0.1) is 5.92 Å². The molecule has 0 unspecified atom stereocenters. The normalized spacial score (nSPS) is 35.9. The van der Waals surface area contributed by atoms with E-state index in [-0.39, 0.29) is 28.3 Å². The summed E-state index contributed by atoms with van der Waals surface area (Å²) in [6.07, 6.45) is 11.7. The number of phenolic OH excluding ortho intramolecular Hbond substituents is 1. The first-order valence-corrected chi connectivity index (χ1v) is 13.3. The van der Waals surface area contributed by atoms with Crippen molar-refractivity contribution in [2.75, 3.05) is 13.1 Å². The average molecular weight is 480 g/mol. The molecule has 5 aliphatic rings. The predicted octanol–water partition coefficient (Wildman–Crippen LogP) is 3.89. The smallest absolute Gasteiger partial charge is 0.212 e. The summed E-state index contributed by atoms with van der Waals surface area (Å²) >= 11 is 1.30. The highest BCUT2D eigenvalue weighted by atomic mass is 32.2. The third-order valence-corrected chi connectivity index (χ3v) is 10.1. The lowest BCUT2D eigenvalue weighted by Gasteiger charge is -2.64. The van der Waals surface area contributed by atoms with Crippen LogP contribution in [-0.2, 0) is 16.6 Å². The van der Waals surface area contributed by atoms with Crippen LogP contribution in [-0.4, -0.2) is 56.3 Å². The molecule has 7 heteroatoms. The first-order chi connectivity index (χ1) is 16.5. The van der Waals surface area contributed by atoms with Gasteiger partial charge >= 0.3 is 0 Å². The number of hydrogen-bond acceptors (Lipinski definition) is 7. The van der Waals surface area contributed by atoms with Gasteiger partial charge in [0, 0.05) is 23.7 Å². The monoisotopic (exact) mass is 479 g/mol. The van der Waals surface area contributed by atoms with E-state index in [1.54, 1.807) is 30.7 Å². The Labute approximate surface area is 203 Å². The Balaban J connectivity index is 1.25. The molecule has 2 aromatic rings. The van der Waals surface area contributed by atoms with Gasteiger partial charge in [0.15, 0.2) is 11.5 Å². The van der Waals surface area contributed by atoms with E-state index in [2.05, 4.69) is 4.90 Å². The molecule has 7 rings (SSSR count). The van der Waals surface area contributed by atoms with E-state index in [1.165, 1.54) is 30.2 Å². The summed E-state index contributed by atoms with van der Waals surface area (Å²) in [5, 5.41) is 23.1. The summed E-state index contributed by atoms with van der Waals surface area (Å²) in [5.74, 6) is 1.43. The number of thioether (sulfide) groups is 1. The van der Waals surface area contributed by atoms with Gasteiger partial charge < -0.3 is 19.4 Å². The third kappa shape index (κ3) is 2.87. The molecule has 0 radical (unpaired) electrons. The number of likely N-dealkylation sites (tertiary alicyclic amines) is 1. The van der Waals surface area contributed by atoms with Crippen molar-refractivity contribution in [3.05, 3.63) is 53.5 Å². The molecular weight excluding hydrogens is 450 g/mol. The predicted molar refractivity (Wildman–Crippen MR) is 129 cm³/mol. The Kier molecular flexibility index (Phi) is 4.58. The van der Waals surface area contributed by atoms with Gasteiger partial charge in [-0.3, -0.25) is 9.69 Å². The van der Waals surface area contributed by atoms with E-state index in [1.807, 2.05) is 12.1 Å². The lowest BCUT2D eigenvalue weighted by atomic mass is 9.49. The van der Waals surface area contributed by atoms with Crippen molar-refractivity contribution in [2.45, 2.75) is 66.9 Å². The average Bonchev–Trinajstić information content (AvgIpc) is 3.33. The fourth-order valence-electron chi connectivity index (χ4n) is 7.28. The van der Waals surface area contributed by atoms with Crippen molar-refractivity contribution in [1.29, 1.82) is 0 Å². The molecule has 2 N–H and O–H groups in total. The van der Waals surface area contributed by atoms with E-state index in [4.69, 9.17) is 9.15 Å². The molecule has 1 aromatic heterocycles. The first-order valence-electron chi connectivity index (χ1n) is 12.4. The summed E-state index contributed by atoms with van der Waals surface area (Å²) in [4.78, 5) is 15.4. The molecule has 1 spiro atoms. The van der Waals surface area contributed by atoms with E-state index < -0.39 is 11.0 Å². The zero-order chi connectivity index (χ0) is 23.1. The Morgan fingerprint density at radius 2 is 2.12 bits per heavy atom. The van der Waals surface area contributed by atoms with E-state index in [0.717, 1.165) is 43.0 Å². The van der Waals surface area contributed by atoms with Gasteiger partial charge in [0.1, 0.15) is 6.10 Å². The second-order valence-corrected chi connectivity index (χ2v) is 11.9. The van der Waals surface area contributed by atoms with Gasteiger partial charge in [-0.25, -0.2) is 0 Å². The molecule has 34 heavy (non-hydrogen) atoms. The highest BCUT2D eigenvalue weighted by molar-refractivity contribution is 8.14. The molecule has 3 fully saturated rings. The second kappa shape index (κ2) is 7.39. The number of furan rings is 1. The van der Waals surface area contributed by atoms with Crippen molar-refractivity contribution in [3.63, 3.8) is 0 Å². The minimum Gasteiger partial charge on any atom is -0.504 e. The Hall–Kier alpha value is -2.22. The first kappa shape index (κ1) is 21.1. The summed E-state index contributed by atoms with van der Waals surface area (Å²) in [7, 11) is 0. The van der Waals surface area contributed by atoms with Gasteiger partial charge in [-0.05, 0) is 80.8 Å². The molecule has 3 heterocycles. The highest BCUT2D eigenvalue weighted by Crippen LogP contribution is 2.66. The largest absolute Gasteiger partial charge is 0.504 e. The third-order valence-electron chi connectivity index (χ3n) is 8.93. The van der Waals surface area contributed by atoms with Gasteiger partial charge in [-0.2, -0.15) is 0 Å². The highest BCUT2D eigenvalue weighted by Gasteiger charge is 2.73. The molecule has 2 saturated carbocycles. The molecular formula is C27H29NO5S. The molecule has 178 valence electrons. The van der Waals surface area contributed by atoms with Gasteiger partial charge in [0.25, 0.3) is 0 Å². The number of rotatable bonds is 5. The minimum absolute atomic E-state index is 0.0319. The number of hydrogen-bond donors (Lipinski definition) is 2. The van der Waals surface area contributed by atoms with Crippen LogP contribution in [0.2, 0.25) is 0 Å². The van der Waals surface area contributed by atoms with Crippen LogP contribution in [0.5, 0.6) is 11.5 Å². The quantitative estimate of drug-likeness (QED) is 0.630. The van der Waals surface area contributed by atoms with E-state index in [9.17, 15) is 15.0 Å². The topological polar surface area (TPSA) is 83.1 Å². The zero-order valence-electron chi connectivity index (χ0n) is 19.0. The Bertz CT molecular complexity index is 1170. The number of phenols is 1. The van der Waals surface area contributed by atoms with Gasteiger partial charge in [-0.15, -0.1) is 0 Å². The van der Waals surface area contributed by atoms with Crippen LogP contribution in [0.4, 0.5) is 0 Å². The second-order valence-electron chi connectivity index (χ2n) is 10.7. The molecule has 0 amide bonds. The van der Waals surface area contributed by atoms with Gasteiger partial charge in [-0.1, -0.05) is 17.8 Å². The number of ether oxygens (including phenoxy) is 1. The number of nitrogens with zero attached hydrogens (tertiary/aromatic N) is 1. The zero-order valence-corrected chi connectivity index (χ0v) is 19.8. The number of benzene rings is 1. The van der Waals surface area contributed by atoms with Crippen LogP contribution in [0.25, 0.3) is 6.08 Å². The summed E-state index contributed by atoms with van der Waals surface area (Å²) in [5.41, 5.74) is 1.55. The van der Waals surface area contributed by atoms with Crippen molar-refractivity contribution in [2.24, 2.45) is 5.92 Å². The molecule has 3 aliphatic carbocycles. The maximum absolute atomic E-state index is 12.9. The molecule has 5 atom stereocenters. The van der Waals surface area contributed by atoms with E-state index >= 15 is 0 Å². The lowest BCUT2D eigenvalue weighted by molar-refractivity contribution is -0.184. The number of aliphatic hydroxyl groups is 1. The number of carbonyl (C=O) groups excluding carboxylic acids is 1. The van der Waals surface area contributed by atoms with Crippen molar-refractivity contribution >= 4 is 23.0 Å². The van der Waals surface area contributed by atoms with Crippen LogP contribution >= 0.6 is 11.8 Å². The number of carbonyl (C=O) groups is 1. The minimum atomic E-state index is -0.913. The summed E-state index contributed by atoms with van der Waals surface area (Å²) < 4.78 is 11.6. The maximum Gasteiger partial charge on any atom is 0.212 e. The fourth-order valence-corrected chi connectivity index (χ4v) is 8.37. The van der Waals surface area contributed by atoms with Crippen molar-refractivity contribution < 1.29 is 24.2 Å². The van der Waals surface area contributed by atoms with Crippen LogP contribution in [0.3, 0.4) is 0 Å². The number of aromatic hydroxyl groups is 1. The van der Waals surface area contributed by atoms with Crippen LogP contribution in [0.1, 0.15) is 48.8 Å². The molecule has 1 aromatic carbocycles. The summed E-state index contributed by atoms with van der Waals surface area (Å²) in [6.45, 7) is 1.98. The van der Waals surface area contributed by atoms with Crippen LogP contribution in [0.15, 0.2) is 41.2 Å². The lowest BCUT2D eigenvalue weighted by Crippen LogP contribution is -2.77. The van der Waals surface area contributed by atoms with Gasteiger partial charge in [0.05, 0.1) is 28.8 Å². The SMILES string of the molecule is O=C(/C=C/c1ccoc1)S[C@H]1CC[C@@]2(O)[C@H]3Cc4ccc(O)c5c4[C@@]2(CCN3CC2CC2)[C@H]1O5. The number of piperidine rings is 1. The molecule has 2 bridgehead atoms. The van der Waals surface area contributed by atoms with Crippen LogP contribution < -0.4 is 4.74 Å². The molecule has 6 nitrogen and oxygen atoms in total.